The van der Waals surface area contributed by atoms with Crippen molar-refractivity contribution in [2.75, 3.05) is 44.2 Å². The molecule has 0 saturated heterocycles. The molecule has 3 aromatic rings. The van der Waals surface area contributed by atoms with Crippen LogP contribution >= 0.6 is 11.6 Å². The highest BCUT2D eigenvalue weighted by Gasteiger charge is 2.27. The van der Waals surface area contributed by atoms with Gasteiger partial charge in [-0.25, -0.2) is 14.8 Å². The van der Waals surface area contributed by atoms with Crippen LogP contribution in [0.25, 0.3) is 0 Å². The summed E-state index contributed by atoms with van der Waals surface area (Å²) in [4.78, 5) is 49.1. The molecule has 0 bridgehead atoms. The molecular weight excluding hydrogens is 656 g/mol. The van der Waals surface area contributed by atoms with Crippen LogP contribution in [0.5, 0.6) is 0 Å². The van der Waals surface area contributed by atoms with E-state index in [-0.39, 0.29) is 53.9 Å². The quantitative estimate of drug-likeness (QED) is 0.106. The maximum Gasteiger partial charge on any atom is 0.410 e. The van der Waals surface area contributed by atoms with Crippen molar-refractivity contribution in [2.45, 2.75) is 78.9 Å². The van der Waals surface area contributed by atoms with Gasteiger partial charge in [0, 0.05) is 38.3 Å². The third-order valence-electron chi connectivity index (χ3n) is 7.96. The number of amides is 3. The van der Waals surface area contributed by atoms with Gasteiger partial charge in [-0.1, -0.05) is 74.2 Å². The van der Waals surface area contributed by atoms with E-state index in [1.54, 1.807) is 17.0 Å². The molecule has 1 heterocycles. The van der Waals surface area contributed by atoms with Crippen molar-refractivity contribution in [3.05, 3.63) is 81.6 Å². The number of rotatable bonds is 18. The van der Waals surface area contributed by atoms with Gasteiger partial charge in [0.25, 0.3) is 11.8 Å². The van der Waals surface area contributed by atoms with E-state index < -0.39 is 17.6 Å². The normalized spacial score (nSPS) is 11.9. The van der Waals surface area contributed by atoms with Gasteiger partial charge in [-0.05, 0) is 81.8 Å². The Bertz CT molecular complexity index is 1560. The first-order valence-electron chi connectivity index (χ1n) is 17.2. The fourth-order valence-electron chi connectivity index (χ4n) is 5.27. The summed E-state index contributed by atoms with van der Waals surface area (Å²) in [5.41, 5.74) is 14.3. The van der Waals surface area contributed by atoms with Gasteiger partial charge in [0.2, 0.25) is 0 Å². The number of nitrogens with one attached hydrogen (secondary N) is 3. The van der Waals surface area contributed by atoms with Crippen LogP contribution < -0.4 is 27.4 Å². The highest BCUT2D eigenvalue weighted by atomic mass is 35.5. The second kappa shape index (κ2) is 19.7. The van der Waals surface area contributed by atoms with Crippen molar-refractivity contribution in [1.29, 1.82) is 0 Å². The van der Waals surface area contributed by atoms with Crippen molar-refractivity contribution >= 4 is 41.1 Å². The molecule has 2 aromatic carbocycles. The average molecular weight is 709 g/mol. The first kappa shape index (κ1) is 40.0. The van der Waals surface area contributed by atoms with E-state index in [0.29, 0.717) is 25.1 Å². The average Bonchev–Trinajstić information content (AvgIpc) is 3.06. The lowest BCUT2D eigenvalue weighted by Gasteiger charge is -2.31. The Morgan fingerprint density at radius 3 is 2.30 bits per heavy atom. The van der Waals surface area contributed by atoms with Gasteiger partial charge in [0.1, 0.15) is 5.60 Å². The minimum absolute atomic E-state index is 0.0689. The molecule has 1 atom stereocenters. The Kier molecular flexibility index (Phi) is 15.8. The highest BCUT2D eigenvalue weighted by Crippen LogP contribution is 2.20. The minimum Gasteiger partial charge on any atom is -0.444 e. The third kappa shape index (κ3) is 13.5. The number of unbranched alkanes of at least 4 members (excludes halogenated alkanes) is 3. The lowest BCUT2D eigenvalue weighted by atomic mass is 9.95. The Morgan fingerprint density at radius 2 is 1.62 bits per heavy atom. The van der Waals surface area contributed by atoms with E-state index >= 15 is 0 Å². The molecule has 0 aliphatic rings. The van der Waals surface area contributed by atoms with Crippen molar-refractivity contribution in [2.24, 2.45) is 5.92 Å². The first-order chi connectivity index (χ1) is 23.8. The number of hydrogen-bond acceptors (Lipinski definition) is 9. The van der Waals surface area contributed by atoms with Crippen LogP contribution in [0, 0.1) is 12.8 Å². The summed E-state index contributed by atoms with van der Waals surface area (Å²) in [5.74, 6) is -1.17. The number of hydrogen-bond donors (Lipinski definition) is 5. The number of nitrogens with zero attached hydrogens (tertiary/aromatic N) is 3. The SMILES string of the molecule is CCCCCCNCCNC(=O)c1ccc(CN(C[C@H](CNC(=O)c2nc(Cl)c(N)nc2N)Cc2ccccc2C)C(=O)OC(C)(C)C)cc1. The minimum atomic E-state index is -0.730. The number of aryl methyl sites for hydroxylation is 1. The Labute approximate surface area is 301 Å². The van der Waals surface area contributed by atoms with Gasteiger partial charge < -0.3 is 37.1 Å². The van der Waals surface area contributed by atoms with Gasteiger partial charge >= 0.3 is 6.09 Å². The summed E-state index contributed by atoms with van der Waals surface area (Å²) in [6, 6.07) is 15.1. The van der Waals surface area contributed by atoms with Crippen molar-refractivity contribution in [3.8, 4) is 0 Å². The zero-order valence-electron chi connectivity index (χ0n) is 30.0. The molecule has 50 heavy (non-hydrogen) atoms. The molecule has 0 aliphatic carbocycles. The zero-order valence-corrected chi connectivity index (χ0v) is 30.7. The van der Waals surface area contributed by atoms with Crippen molar-refractivity contribution in [1.82, 2.24) is 30.8 Å². The van der Waals surface area contributed by atoms with E-state index in [4.69, 9.17) is 27.8 Å². The molecule has 0 radical (unpaired) electrons. The predicted molar refractivity (Wildman–Crippen MR) is 199 cm³/mol. The molecule has 13 heteroatoms. The van der Waals surface area contributed by atoms with Crippen LogP contribution in [-0.2, 0) is 17.7 Å². The molecule has 0 unspecified atom stereocenters. The van der Waals surface area contributed by atoms with Gasteiger partial charge in [-0.15, -0.1) is 0 Å². The smallest absolute Gasteiger partial charge is 0.410 e. The molecule has 3 amide bonds. The van der Waals surface area contributed by atoms with Crippen LogP contribution in [-0.4, -0.2) is 71.1 Å². The van der Waals surface area contributed by atoms with Gasteiger partial charge in [0.05, 0.1) is 0 Å². The summed E-state index contributed by atoms with van der Waals surface area (Å²) in [7, 11) is 0. The first-order valence-corrected chi connectivity index (χ1v) is 17.6. The second-order valence-corrected chi connectivity index (χ2v) is 13.8. The zero-order chi connectivity index (χ0) is 36.7. The number of carbonyl (C=O) groups excluding carboxylic acids is 3. The summed E-state index contributed by atoms with van der Waals surface area (Å²) in [6.07, 6.45) is 4.85. The van der Waals surface area contributed by atoms with Crippen LogP contribution in [0.15, 0.2) is 48.5 Å². The number of nitrogen functional groups attached to an aromatic ring is 2. The largest absolute Gasteiger partial charge is 0.444 e. The lowest BCUT2D eigenvalue weighted by molar-refractivity contribution is 0.0202. The molecule has 0 fully saturated rings. The molecule has 7 N–H and O–H groups in total. The van der Waals surface area contributed by atoms with Gasteiger partial charge in [-0.2, -0.15) is 0 Å². The van der Waals surface area contributed by atoms with Crippen molar-refractivity contribution < 1.29 is 19.1 Å². The van der Waals surface area contributed by atoms with Crippen LogP contribution in [0.1, 0.15) is 90.9 Å². The van der Waals surface area contributed by atoms with E-state index in [0.717, 1.165) is 29.7 Å². The van der Waals surface area contributed by atoms with Crippen LogP contribution in [0.4, 0.5) is 16.4 Å². The molecule has 0 aliphatic heterocycles. The Morgan fingerprint density at radius 1 is 0.900 bits per heavy atom. The van der Waals surface area contributed by atoms with Crippen molar-refractivity contribution in [3.63, 3.8) is 0 Å². The Balaban J connectivity index is 1.74. The van der Waals surface area contributed by atoms with E-state index in [9.17, 15) is 14.4 Å². The number of anilines is 2. The van der Waals surface area contributed by atoms with E-state index in [1.165, 1.54) is 19.3 Å². The summed E-state index contributed by atoms with van der Waals surface area (Å²) >= 11 is 6.01. The molecule has 272 valence electrons. The monoisotopic (exact) mass is 708 g/mol. The Hall–Kier alpha value is -4.42. The van der Waals surface area contributed by atoms with E-state index in [1.807, 2.05) is 64.1 Å². The number of carbonyl (C=O) groups is 3. The maximum atomic E-state index is 13.6. The number of halogens is 1. The van der Waals surface area contributed by atoms with Gasteiger partial charge in [-0.3, -0.25) is 9.59 Å². The fraction of sp³-hybridized carbons (Fsp3) is 0.486. The van der Waals surface area contributed by atoms with Crippen LogP contribution in [0.2, 0.25) is 5.15 Å². The topological polar surface area (TPSA) is 178 Å². The predicted octanol–water partition coefficient (Wildman–Crippen LogP) is 5.53. The lowest BCUT2D eigenvalue weighted by Crippen LogP contribution is -2.42. The summed E-state index contributed by atoms with van der Waals surface area (Å²) in [6.45, 7) is 12.5. The number of ether oxygens (including phenoxy) is 1. The second-order valence-electron chi connectivity index (χ2n) is 13.5. The number of nitrogens with two attached hydrogens (primary N) is 2. The van der Waals surface area contributed by atoms with Crippen LogP contribution in [0.3, 0.4) is 0 Å². The number of aromatic nitrogens is 2. The fourth-order valence-corrected chi connectivity index (χ4v) is 5.40. The molecule has 0 saturated carbocycles. The number of benzene rings is 2. The van der Waals surface area contributed by atoms with E-state index in [2.05, 4.69) is 32.8 Å². The third-order valence-corrected chi connectivity index (χ3v) is 8.23. The maximum absolute atomic E-state index is 13.6. The molecule has 12 nitrogen and oxygen atoms in total. The standard InChI is InChI=1S/C37H53ClN8O4/c1-6-7-8-11-18-41-19-20-42-34(47)28-16-14-26(15-17-28)23-46(36(49)50-37(3,4)5)24-27(21-29-13-10-9-12-25(29)2)22-43-35(48)30-32(39)45-33(40)31(38)44-30/h9-10,12-17,27,41H,6-8,11,18-24H2,1-5H3,(H,42,47)(H,43,48)(H4,39,40,45)/t27-/m0/s1. The highest BCUT2D eigenvalue weighted by molar-refractivity contribution is 6.31. The molecular formula is C37H53ClN8O4. The summed E-state index contributed by atoms with van der Waals surface area (Å²) < 4.78 is 5.80. The van der Waals surface area contributed by atoms with Gasteiger partial charge in [0.15, 0.2) is 22.5 Å². The molecule has 0 spiro atoms. The summed E-state index contributed by atoms with van der Waals surface area (Å²) in [5, 5.41) is 9.09. The molecule has 3 rings (SSSR count). The molecule has 1 aromatic heterocycles.